The van der Waals surface area contributed by atoms with Gasteiger partial charge in [-0.05, 0) is 38.4 Å². The van der Waals surface area contributed by atoms with Crippen molar-refractivity contribution in [2.45, 2.75) is 46.1 Å². The Hall–Kier alpha value is -0.0800. The first-order valence-corrected chi connectivity index (χ1v) is 6.28. The summed E-state index contributed by atoms with van der Waals surface area (Å²) in [6, 6.07) is 0.805. The van der Waals surface area contributed by atoms with Gasteiger partial charge in [0, 0.05) is 12.6 Å². The summed E-state index contributed by atoms with van der Waals surface area (Å²) in [6.07, 6.45) is 3.89. The molecule has 0 aromatic heterocycles. The molecule has 84 valence electrons. The molecule has 0 saturated carbocycles. The summed E-state index contributed by atoms with van der Waals surface area (Å²) in [5.41, 5.74) is 0. The predicted molar refractivity (Wildman–Crippen MR) is 62.6 cm³/mol. The van der Waals surface area contributed by atoms with E-state index < -0.39 is 0 Å². The maximum Gasteiger partial charge on any atom is 0.0260 e. The lowest BCUT2D eigenvalue weighted by Gasteiger charge is -2.31. The fourth-order valence-corrected chi connectivity index (χ4v) is 2.58. The Morgan fingerprint density at radius 2 is 1.71 bits per heavy atom. The van der Waals surface area contributed by atoms with Gasteiger partial charge in [0.05, 0.1) is 0 Å². The number of nitrogens with one attached hydrogen (secondary N) is 1. The third-order valence-electron chi connectivity index (χ3n) is 3.32. The second-order valence-corrected chi connectivity index (χ2v) is 4.43. The van der Waals surface area contributed by atoms with E-state index in [1.807, 2.05) is 0 Å². The van der Waals surface area contributed by atoms with E-state index in [0.717, 1.165) is 12.0 Å². The largest absolute Gasteiger partial charge is 0.315 e. The van der Waals surface area contributed by atoms with Gasteiger partial charge >= 0.3 is 0 Å². The molecule has 1 aliphatic rings. The molecule has 2 atom stereocenters. The van der Waals surface area contributed by atoms with Crippen LogP contribution in [0.1, 0.15) is 40.0 Å². The Morgan fingerprint density at radius 3 is 2.21 bits per heavy atom. The smallest absolute Gasteiger partial charge is 0.0260 e. The molecule has 0 radical (unpaired) electrons. The molecule has 0 amide bonds. The van der Waals surface area contributed by atoms with E-state index in [4.69, 9.17) is 0 Å². The first-order chi connectivity index (χ1) is 6.83. The van der Waals surface area contributed by atoms with Gasteiger partial charge in [0.2, 0.25) is 0 Å². The predicted octanol–water partition coefficient (Wildman–Crippen LogP) is 2.11. The van der Waals surface area contributed by atoms with Gasteiger partial charge in [-0.3, -0.25) is 4.90 Å². The fourth-order valence-electron chi connectivity index (χ4n) is 2.58. The van der Waals surface area contributed by atoms with Crippen LogP contribution in [0.3, 0.4) is 0 Å². The summed E-state index contributed by atoms with van der Waals surface area (Å²) in [4.78, 5) is 2.69. The zero-order valence-electron chi connectivity index (χ0n) is 10.1. The third kappa shape index (κ3) is 2.96. The molecule has 1 heterocycles. The van der Waals surface area contributed by atoms with Gasteiger partial charge in [-0.1, -0.05) is 27.2 Å². The highest BCUT2D eigenvalue weighted by molar-refractivity contribution is 4.87. The second kappa shape index (κ2) is 6.41. The van der Waals surface area contributed by atoms with Gasteiger partial charge in [-0.2, -0.15) is 0 Å². The van der Waals surface area contributed by atoms with Gasteiger partial charge in [0.1, 0.15) is 0 Å². The molecular weight excluding hydrogens is 172 g/mol. The molecule has 1 N–H and O–H groups in total. The van der Waals surface area contributed by atoms with Gasteiger partial charge in [-0.15, -0.1) is 0 Å². The number of hydrogen-bond donors (Lipinski definition) is 1. The summed E-state index contributed by atoms with van der Waals surface area (Å²) in [5, 5.41) is 3.53. The SMILES string of the molecule is CCCN(CCC)C1CNCC1CC. The molecule has 2 nitrogen and oxygen atoms in total. The zero-order chi connectivity index (χ0) is 10.4. The van der Waals surface area contributed by atoms with E-state index in [0.29, 0.717) is 0 Å². The Balaban J connectivity index is 2.47. The highest BCUT2D eigenvalue weighted by atomic mass is 15.2. The van der Waals surface area contributed by atoms with E-state index in [-0.39, 0.29) is 0 Å². The van der Waals surface area contributed by atoms with Crippen molar-refractivity contribution >= 4 is 0 Å². The molecule has 14 heavy (non-hydrogen) atoms. The third-order valence-corrected chi connectivity index (χ3v) is 3.32. The van der Waals surface area contributed by atoms with Crippen LogP contribution in [0.5, 0.6) is 0 Å². The first-order valence-electron chi connectivity index (χ1n) is 6.28. The van der Waals surface area contributed by atoms with E-state index in [1.54, 1.807) is 0 Å². The Kier molecular flexibility index (Phi) is 5.49. The van der Waals surface area contributed by atoms with Crippen LogP contribution in [-0.2, 0) is 0 Å². The van der Waals surface area contributed by atoms with Crippen molar-refractivity contribution < 1.29 is 0 Å². The molecule has 1 saturated heterocycles. The van der Waals surface area contributed by atoms with Crippen LogP contribution in [0.2, 0.25) is 0 Å². The highest BCUT2D eigenvalue weighted by Crippen LogP contribution is 2.19. The molecule has 0 bridgehead atoms. The molecule has 0 spiro atoms. The maximum atomic E-state index is 3.53. The highest BCUT2D eigenvalue weighted by Gasteiger charge is 2.29. The van der Waals surface area contributed by atoms with Gasteiger partial charge < -0.3 is 5.32 Å². The minimum Gasteiger partial charge on any atom is -0.315 e. The summed E-state index contributed by atoms with van der Waals surface area (Å²) in [5.74, 6) is 0.882. The molecule has 1 rings (SSSR count). The Morgan fingerprint density at radius 1 is 1.07 bits per heavy atom. The molecule has 1 fully saturated rings. The van der Waals surface area contributed by atoms with Crippen molar-refractivity contribution in [3.63, 3.8) is 0 Å². The summed E-state index contributed by atoms with van der Waals surface area (Å²) >= 11 is 0. The van der Waals surface area contributed by atoms with Crippen molar-refractivity contribution in [2.24, 2.45) is 5.92 Å². The first kappa shape index (κ1) is 12.0. The van der Waals surface area contributed by atoms with Gasteiger partial charge in [-0.25, -0.2) is 0 Å². The fraction of sp³-hybridized carbons (Fsp3) is 1.00. The number of rotatable bonds is 6. The van der Waals surface area contributed by atoms with Crippen molar-refractivity contribution in [3.8, 4) is 0 Å². The normalized spacial score (nSPS) is 27.4. The molecule has 1 aliphatic heterocycles. The van der Waals surface area contributed by atoms with E-state index in [1.165, 1.54) is 45.4 Å². The molecule has 0 aromatic carbocycles. The van der Waals surface area contributed by atoms with Crippen molar-refractivity contribution in [1.29, 1.82) is 0 Å². The summed E-state index contributed by atoms with van der Waals surface area (Å²) in [6.45, 7) is 11.9. The molecule has 2 heteroatoms. The van der Waals surface area contributed by atoms with Gasteiger partial charge in [0.15, 0.2) is 0 Å². The minimum absolute atomic E-state index is 0.805. The van der Waals surface area contributed by atoms with Crippen LogP contribution in [0.4, 0.5) is 0 Å². The number of hydrogen-bond acceptors (Lipinski definition) is 2. The molecule has 2 unspecified atom stereocenters. The average molecular weight is 198 g/mol. The van der Waals surface area contributed by atoms with Crippen molar-refractivity contribution in [1.82, 2.24) is 10.2 Å². The van der Waals surface area contributed by atoms with Crippen LogP contribution in [0, 0.1) is 5.92 Å². The lowest BCUT2D eigenvalue weighted by Crippen LogP contribution is -2.41. The topological polar surface area (TPSA) is 15.3 Å². The standard InChI is InChI=1S/C12H26N2/c1-4-7-14(8-5-2)12-10-13-9-11(12)6-3/h11-13H,4-10H2,1-3H3. The lowest BCUT2D eigenvalue weighted by molar-refractivity contribution is 0.169. The summed E-state index contributed by atoms with van der Waals surface area (Å²) in [7, 11) is 0. The lowest BCUT2D eigenvalue weighted by atomic mass is 9.99. The Labute approximate surface area is 89.1 Å². The monoisotopic (exact) mass is 198 g/mol. The van der Waals surface area contributed by atoms with E-state index >= 15 is 0 Å². The molecular formula is C12H26N2. The second-order valence-electron chi connectivity index (χ2n) is 4.43. The van der Waals surface area contributed by atoms with Crippen LogP contribution in [0.15, 0.2) is 0 Å². The summed E-state index contributed by atoms with van der Waals surface area (Å²) < 4.78 is 0. The maximum absolute atomic E-state index is 3.53. The van der Waals surface area contributed by atoms with E-state index in [9.17, 15) is 0 Å². The quantitative estimate of drug-likeness (QED) is 0.703. The molecule has 0 aliphatic carbocycles. The average Bonchev–Trinajstić information content (AvgIpc) is 2.65. The van der Waals surface area contributed by atoms with Gasteiger partial charge in [0.25, 0.3) is 0 Å². The Bertz CT molecular complexity index is 141. The van der Waals surface area contributed by atoms with Crippen LogP contribution < -0.4 is 5.32 Å². The van der Waals surface area contributed by atoms with Crippen LogP contribution >= 0.6 is 0 Å². The van der Waals surface area contributed by atoms with Crippen LogP contribution in [-0.4, -0.2) is 37.1 Å². The van der Waals surface area contributed by atoms with Crippen molar-refractivity contribution in [2.75, 3.05) is 26.2 Å². The van der Waals surface area contributed by atoms with Crippen LogP contribution in [0.25, 0.3) is 0 Å². The molecule has 0 aromatic rings. The van der Waals surface area contributed by atoms with Crippen molar-refractivity contribution in [3.05, 3.63) is 0 Å². The zero-order valence-corrected chi connectivity index (χ0v) is 10.1. The number of nitrogens with zero attached hydrogens (tertiary/aromatic N) is 1. The van der Waals surface area contributed by atoms with E-state index in [2.05, 4.69) is 31.0 Å². The minimum atomic E-state index is 0.805.